The lowest BCUT2D eigenvalue weighted by Gasteiger charge is -2.33. The van der Waals surface area contributed by atoms with E-state index in [2.05, 4.69) is 50.6 Å². The zero-order valence-electron chi connectivity index (χ0n) is 12.9. The second-order valence-corrected chi connectivity index (χ2v) is 6.54. The summed E-state index contributed by atoms with van der Waals surface area (Å²) < 4.78 is 4.41. The summed E-state index contributed by atoms with van der Waals surface area (Å²) in [6, 6.07) is 2.31. The van der Waals surface area contributed by atoms with Crippen molar-refractivity contribution in [2.75, 3.05) is 20.1 Å². The van der Waals surface area contributed by atoms with E-state index in [0.717, 1.165) is 13.0 Å². The van der Waals surface area contributed by atoms with Gasteiger partial charge in [0.1, 0.15) is 12.2 Å². The lowest BCUT2D eigenvalue weighted by Crippen LogP contribution is -2.33. The Balaban J connectivity index is 1.78. The smallest absolute Gasteiger partial charge is 0.138 e. The van der Waals surface area contributed by atoms with Crippen molar-refractivity contribution < 1.29 is 0 Å². The molecule has 0 radical (unpaired) electrons. The highest BCUT2D eigenvalue weighted by Crippen LogP contribution is 2.40. The number of fused-ring (bicyclic) bond motifs is 2. The second-order valence-electron chi connectivity index (χ2n) is 6.54. The minimum absolute atomic E-state index is 0.417. The highest BCUT2D eigenvalue weighted by Gasteiger charge is 2.35. The molecule has 2 aliphatic rings. The van der Waals surface area contributed by atoms with Crippen LogP contribution >= 0.6 is 0 Å². The van der Waals surface area contributed by atoms with Crippen LogP contribution in [0.2, 0.25) is 0 Å². The molecule has 2 aromatic rings. The van der Waals surface area contributed by atoms with Gasteiger partial charge in [0.05, 0.1) is 0 Å². The molecule has 0 amide bonds. The minimum Gasteiger partial charge on any atom is -0.354 e. The van der Waals surface area contributed by atoms with E-state index in [9.17, 15) is 0 Å². The molecule has 2 aromatic heterocycles. The highest BCUT2D eigenvalue weighted by molar-refractivity contribution is 5.34. The van der Waals surface area contributed by atoms with Crippen LogP contribution in [0.5, 0.6) is 0 Å². The molecule has 21 heavy (non-hydrogen) atoms. The third kappa shape index (κ3) is 2.11. The molecule has 0 aromatic carbocycles. The molecule has 5 nitrogen and oxygen atoms in total. The van der Waals surface area contributed by atoms with E-state index in [-0.39, 0.29) is 0 Å². The molecular weight excluding hydrogens is 262 g/mol. The number of hydrogen-bond acceptors (Lipinski definition) is 3. The molecule has 0 bridgehead atoms. The number of nitrogens with zero attached hydrogens (tertiary/aromatic N) is 5. The topological polar surface area (TPSA) is 38.9 Å². The molecule has 2 aliphatic heterocycles. The molecule has 4 heterocycles. The monoisotopic (exact) mass is 285 g/mol. The molecule has 0 N–H and O–H groups in total. The number of rotatable bonds is 1. The van der Waals surface area contributed by atoms with E-state index in [4.69, 9.17) is 0 Å². The average molecular weight is 285 g/mol. The quantitative estimate of drug-likeness (QED) is 0.799. The largest absolute Gasteiger partial charge is 0.354 e. The van der Waals surface area contributed by atoms with Gasteiger partial charge in [0.15, 0.2) is 0 Å². The Kier molecular flexibility index (Phi) is 3.10. The van der Waals surface area contributed by atoms with Gasteiger partial charge in [-0.05, 0) is 50.5 Å². The summed E-state index contributed by atoms with van der Waals surface area (Å²) in [4.78, 5) is 7.06. The van der Waals surface area contributed by atoms with Crippen molar-refractivity contribution in [3.63, 3.8) is 0 Å². The molecule has 4 rings (SSSR count). The first kappa shape index (κ1) is 13.1. The SMILES string of the molecule is CN1CCC(C2c3ccn(C)c3CCn3ncnc32)CC1. The molecule has 5 heteroatoms. The van der Waals surface area contributed by atoms with E-state index in [1.165, 1.54) is 43.0 Å². The van der Waals surface area contributed by atoms with Crippen molar-refractivity contribution in [1.29, 1.82) is 0 Å². The van der Waals surface area contributed by atoms with Crippen molar-refractivity contribution in [3.8, 4) is 0 Å². The van der Waals surface area contributed by atoms with Crippen LogP contribution in [0.1, 0.15) is 35.8 Å². The summed E-state index contributed by atoms with van der Waals surface area (Å²) in [5.74, 6) is 2.28. The molecule has 1 atom stereocenters. The van der Waals surface area contributed by atoms with Crippen molar-refractivity contribution >= 4 is 0 Å². The summed E-state index contributed by atoms with van der Waals surface area (Å²) in [5, 5.41) is 4.45. The van der Waals surface area contributed by atoms with Crippen LogP contribution in [0, 0.1) is 5.92 Å². The van der Waals surface area contributed by atoms with Gasteiger partial charge in [-0.2, -0.15) is 5.10 Å². The first-order valence-corrected chi connectivity index (χ1v) is 7.94. The predicted octanol–water partition coefficient (Wildman–Crippen LogP) is 1.65. The van der Waals surface area contributed by atoms with E-state index in [0.29, 0.717) is 11.8 Å². The molecule has 112 valence electrons. The Labute approximate surface area is 125 Å². The van der Waals surface area contributed by atoms with Crippen LogP contribution in [0.25, 0.3) is 0 Å². The van der Waals surface area contributed by atoms with Crippen LogP contribution in [-0.2, 0) is 20.0 Å². The first-order valence-electron chi connectivity index (χ1n) is 7.94. The zero-order chi connectivity index (χ0) is 14.4. The third-order valence-corrected chi connectivity index (χ3v) is 5.29. The predicted molar refractivity (Wildman–Crippen MR) is 81.2 cm³/mol. The number of aromatic nitrogens is 4. The normalized spacial score (nSPS) is 23.6. The van der Waals surface area contributed by atoms with Gasteiger partial charge in [-0.1, -0.05) is 0 Å². The lowest BCUT2D eigenvalue weighted by atomic mass is 9.79. The first-order chi connectivity index (χ1) is 10.2. The van der Waals surface area contributed by atoms with Crippen molar-refractivity contribution in [2.24, 2.45) is 13.0 Å². The Morgan fingerprint density at radius 2 is 1.95 bits per heavy atom. The lowest BCUT2D eigenvalue weighted by molar-refractivity contribution is 0.204. The highest BCUT2D eigenvalue weighted by atomic mass is 15.3. The van der Waals surface area contributed by atoms with Crippen molar-refractivity contribution in [3.05, 3.63) is 35.7 Å². The maximum atomic E-state index is 4.63. The Bertz CT molecular complexity index is 633. The third-order valence-electron chi connectivity index (χ3n) is 5.29. The molecule has 1 unspecified atom stereocenters. The summed E-state index contributed by atoms with van der Waals surface area (Å²) in [5.41, 5.74) is 2.95. The van der Waals surface area contributed by atoms with Gasteiger partial charge in [-0.15, -0.1) is 0 Å². The van der Waals surface area contributed by atoms with Gasteiger partial charge in [0, 0.05) is 37.8 Å². The van der Waals surface area contributed by atoms with Crippen LogP contribution in [0.15, 0.2) is 18.6 Å². The molecular formula is C16H23N5. The van der Waals surface area contributed by atoms with Crippen molar-refractivity contribution in [2.45, 2.75) is 31.7 Å². The average Bonchev–Trinajstić information content (AvgIpc) is 3.04. The number of likely N-dealkylation sites (tertiary alicyclic amines) is 1. The summed E-state index contributed by atoms with van der Waals surface area (Å²) in [7, 11) is 4.38. The Morgan fingerprint density at radius 3 is 2.76 bits per heavy atom. The van der Waals surface area contributed by atoms with Crippen LogP contribution < -0.4 is 0 Å². The van der Waals surface area contributed by atoms with Gasteiger partial charge in [-0.3, -0.25) is 0 Å². The summed E-state index contributed by atoms with van der Waals surface area (Å²) in [6.45, 7) is 3.33. The summed E-state index contributed by atoms with van der Waals surface area (Å²) in [6.07, 6.45) is 7.49. The van der Waals surface area contributed by atoms with E-state index in [1.54, 1.807) is 6.33 Å². The van der Waals surface area contributed by atoms with Gasteiger partial charge in [0.25, 0.3) is 0 Å². The second kappa shape index (κ2) is 4.98. The fourth-order valence-electron chi connectivity index (χ4n) is 4.05. The molecule has 1 saturated heterocycles. The molecule has 1 fully saturated rings. The van der Waals surface area contributed by atoms with E-state index < -0.39 is 0 Å². The van der Waals surface area contributed by atoms with Crippen LogP contribution in [0.3, 0.4) is 0 Å². The van der Waals surface area contributed by atoms with Crippen molar-refractivity contribution in [1.82, 2.24) is 24.2 Å². The molecule has 0 aliphatic carbocycles. The maximum absolute atomic E-state index is 4.63. The van der Waals surface area contributed by atoms with Crippen LogP contribution in [-0.4, -0.2) is 44.4 Å². The van der Waals surface area contributed by atoms with Gasteiger partial charge in [0.2, 0.25) is 0 Å². The fourth-order valence-corrected chi connectivity index (χ4v) is 4.05. The van der Waals surface area contributed by atoms with Gasteiger partial charge >= 0.3 is 0 Å². The fraction of sp³-hybridized carbons (Fsp3) is 0.625. The van der Waals surface area contributed by atoms with E-state index in [1.807, 2.05) is 0 Å². The zero-order valence-corrected chi connectivity index (χ0v) is 12.9. The minimum atomic E-state index is 0.417. The van der Waals surface area contributed by atoms with E-state index >= 15 is 0 Å². The summed E-state index contributed by atoms with van der Waals surface area (Å²) >= 11 is 0. The Hall–Kier alpha value is -1.62. The number of hydrogen-bond donors (Lipinski definition) is 0. The number of aryl methyl sites for hydroxylation is 2. The molecule has 0 spiro atoms. The van der Waals surface area contributed by atoms with Gasteiger partial charge < -0.3 is 9.47 Å². The standard InChI is InChI=1S/C16H23N5/c1-19-7-3-12(4-8-19)15-13-5-9-20(2)14(13)6-10-21-16(15)17-11-18-21/h5,9,11-12,15H,3-4,6-8,10H2,1-2H3. The number of piperidine rings is 1. The molecule has 0 saturated carbocycles. The Morgan fingerprint density at radius 1 is 1.14 bits per heavy atom. The maximum Gasteiger partial charge on any atom is 0.138 e. The van der Waals surface area contributed by atoms with Gasteiger partial charge in [-0.25, -0.2) is 9.67 Å². The van der Waals surface area contributed by atoms with Crippen LogP contribution in [0.4, 0.5) is 0 Å².